The van der Waals surface area contributed by atoms with E-state index in [2.05, 4.69) is 11.6 Å². The zero-order valence-corrected chi connectivity index (χ0v) is 20.5. The molecule has 4 rings (SSSR count). The molecule has 7 nitrogen and oxygen atoms in total. The Kier molecular flexibility index (Phi) is 8.15. The fourth-order valence-corrected chi connectivity index (χ4v) is 4.16. The van der Waals surface area contributed by atoms with Crippen LogP contribution in [0.25, 0.3) is 6.08 Å². The number of benzene rings is 2. The number of amides is 1. The second kappa shape index (κ2) is 11.9. The summed E-state index contributed by atoms with van der Waals surface area (Å²) >= 11 is 0. The minimum absolute atomic E-state index is 0.00304. The smallest absolute Gasteiger partial charge is 0.290 e. The molecule has 0 saturated heterocycles. The number of aliphatic hydroxyl groups excluding tert-OH is 1. The van der Waals surface area contributed by atoms with Gasteiger partial charge in [-0.25, -0.2) is 0 Å². The molecule has 2 aromatic carbocycles. The van der Waals surface area contributed by atoms with Gasteiger partial charge in [-0.2, -0.15) is 0 Å². The van der Waals surface area contributed by atoms with Gasteiger partial charge in [-0.15, -0.1) is 0 Å². The molecule has 1 aliphatic heterocycles. The van der Waals surface area contributed by atoms with Crippen molar-refractivity contribution in [1.29, 1.82) is 0 Å². The quantitative estimate of drug-likeness (QED) is 0.289. The SMILES string of the molecule is C=CCOc1ccc(C2C(C(=O)C=Cc3ccccc3)=C(O)C(=O)N2Cc2cccnc2)cc1OCC. The molecule has 1 aromatic heterocycles. The molecule has 0 radical (unpaired) electrons. The molecule has 0 spiro atoms. The molecule has 1 N–H and O–H groups in total. The van der Waals surface area contributed by atoms with Crippen LogP contribution in [0.1, 0.15) is 29.7 Å². The van der Waals surface area contributed by atoms with Gasteiger partial charge in [-0.05, 0) is 47.9 Å². The summed E-state index contributed by atoms with van der Waals surface area (Å²) < 4.78 is 11.5. The Morgan fingerprint density at radius 2 is 1.92 bits per heavy atom. The highest BCUT2D eigenvalue weighted by atomic mass is 16.5. The van der Waals surface area contributed by atoms with Crippen molar-refractivity contribution in [2.75, 3.05) is 13.2 Å². The van der Waals surface area contributed by atoms with Gasteiger partial charge >= 0.3 is 0 Å². The number of pyridine rings is 1. The minimum atomic E-state index is -0.840. The van der Waals surface area contributed by atoms with Gasteiger partial charge in [0.05, 0.1) is 18.2 Å². The van der Waals surface area contributed by atoms with E-state index in [9.17, 15) is 14.7 Å². The molecule has 0 saturated carbocycles. The first-order chi connectivity index (χ1) is 18.0. The van der Waals surface area contributed by atoms with Crippen molar-refractivity contribution in [3.63, 3.8) is 0 Å². The second-order valence-electron chi connectivity index (χ2n) is 8.31. The molecule has 0 aliphatic carbocycles. The van der Waals surface area contributed by atoms with Gasteiger partial charge in [-0.3, -0.25) is 14.6 Å². The summed E-state index contributed by atoms with van der Waals surface area (Å²) in [5.74, 6) is -0.678. The Morgan fingerprint density at radius 3 is 2.62 bits per heavy atom. The lowest BCUT2D eigenvalue weighted by Crippen LogP contribution is -2.30. The number of carbonyl (C=O) groups is 2. The number of rotatable bonds is 11. The number of aromatic nitrogens is 1. The van der Waals surface area contributed by atoms with Crippen molar-refractivity contribution in [1.82, 2.24) is 9.88 Å². The number of carbonyl (C=O) groups excluding carboxylic acids is 2. The van der Waals surface area contributed by atoms with Gasteiger partial charge in [0.15, 0.2) is 23.0 Å². The van der Waals surface area contributed by atoms with Crippen LogP contribution >= 0.6 is 0 Å². The van der Waals surface area contributed by atoms with Crippen molar-refractivity contribution >= 4 is 17.8 Å². The van der Waals surface area contributed by atoms with Gasteiger partial charge in [0.25, 0.3) is 5.91 Å². The highest BCUT2D eigenvalue weighted by molar-refractivity contribution is 6.14. The van der Waals surface area contributed by atoms with Crippen LogP contribution < -0.4 is 9.47 Å². The number of nitrogens with zero attached hydrogens (tertiary/aromatic N) is 2. The maximum Gasteiger partial charge on any atom is 0.290 e. The van der Waals surface area contributed by atoms with Crippen molar-refractivity contribution in [3.8, 4) is 11.5 Å². The maximum atomic E-state index is 13.4. The van der Waals surface area contributed by atoms with E-state index in [0.29, 0.717) is 30.3 Å². The molecule has 37 heavy (non-hydrogen) atoms. The van der Waals surface area contributed by atoms with Crippen LogP contribution in [0.3, 0.4) is 0 Å². The van der Waals surface area contributed by atoms with E-state index in [0.717, 1.165) is 11.1 Å². The molecule has 2 heterocycles. The summed E-state index contributed by atoms with van der Waals surface area (Å²) in [6.07, 6.45) is 7.95. The van der Waals surface area contributed by atoms with E-state index in [4.69, 9.17) is 9.47 Å². The largest absolute Gasteiger partial charge is 0.503 e. The summed E-state index contributed by atoms with van der Waals surface area (Å²) in [5, 5.41) is 10.9. The lowest BCUT2D eigenvalue weighted by molar-refractivity contribution is -0.130. The van der Waals surface area contributed by atoms with E-state index < -0.39 is 23.5 Å². The molecular weight excluding hydrogens is 468 g/mol. The molecule has 7 heteroatoms. The van der Waals surface area contributed by atoms with E-state index in [-0.39, 0.29) is 12.1 Å². The summed E-state index contributed by atoms with van der Waals surface area (Å²) in [5.41, 5.74) is 2.19. The standard InChI is InChI=1S/C30H28N2O5/c1-3-17-37-25-15-13-23(18-26(25)36-4-2)28-27(24(33)14-12-21-9-6-5-7-10-21)29(34)30(35)32(28)20-22-11-8-16-31-19-22/h3,5-16,18-19,28,34H,1,4,17,20H2,2H3. The van der Waals surface area contributed by atoms with Crippen LogP contribution in [0, 0.1) is 0 Å². The Labute approximate surface area is 216 Å². The van der Waals surface area contributed by atoms with Crippen molar-refractivity contribution < 1.29 is 24.2 Å². The number of allylic oxidation sites excluding steroid dienone is 1. The zero-order chi connectivity index (χ0) is 26.2. The Morgan fingerprint density at radius 1 is 1.11 bits per heavy atom. The zero-order valence-electron chi connectivity index (χ0n) is 20.5. The number of hydrogen-bond acceptors (Lipinski definition) is 6. The molecule has 1 unspecified atom stereocenters. The van der Waals surface area contributed by atoms with Crippen molar-refractivity contribution in [2.45, 2.75) is 19.5 Å². The van der Waals surface area contributed by atoms with E-state index in [1.165, 1.54) is 11.0 Å². The third-order valence-corrected chi connectivity index (χ3v) is 5.81. The molecule has 0 fully saturated rings. The third-order valence-electron chi connectivity index (χ3n) is 5.81. The molecule has 1 amide bonds. The summed E-state index contributed by atoms with van der Waals surface area (Å²) in [4.78, 5) is 32.3. The van der Waals surface area contributed by atoms with Gasteiger partial charge in [0.1, 0.15) is 6.61 Å². The summed E-state index contributed by atoms with van der Waals surface area (Å²) in [7, 11) is 0. The van der Waals surface area contributed by atoms with E-state index in [1.54, 1.807) is 48.8 Å². The predicted octanol–water partition coefficient (Wildman–Crippen LogP) is 5.22. The first kappa shape index (κ1) is 25.4. The van der Waals surface area contributed by atoms with Crippen LogP contribution in [0.15, 0.2) is 103 Å². The van der Waals surface area contributed by atoms with Gasteiger partial charge in [-0.1, -0.05) is 61.2 Å². The Hall–Kier alpha value is -4.65. The van der Waals surface area contributed by atoms with Gasteiger partial charge < -0.3 is 19.5 Å². The van der Waals surface area contributed by atoms with E-state index in [1.807, 2.05) is 43.3 Å². The number of aliphatic hydroxyl groups is 1. The fraction of sp³-hybridized carbons (Fsp3) is 0.167. The minimum Gasteiger partial charge on any atom is -0.503 e. The molecule has 1 atom stereocenters. The number of ketones is 1. The van der Waals surface area contributed by atoms with Gasteiger partial charge in [0.2, 0.25) is 0 Å². The molecule has 188 valence electrons. The maximum absolute atomic E-state index is 13.4. The summed E-state index contributed by atoms with van der Waals surface area (Å²) in [6.45, 7) is 6.37. The molecule has 3 aromatic rings. The highest BCUT2D eigenvalue weighted by Crippen LogP contribution is 2.41. The molecule has 0 bridgehead atoms. The Balaban J connectivity index is 1.76. The number of ether oxygens (including phenoxy) is 2. The van der Waals surface area contributed by atoms with Crippen LogP contribution in [0.4, 0.5) is 0 Å². The molecule has 1 aliphatic rings. The van der Waals surface area contributed by atoms with Crippen LogP contribution in [0.5, 0.6) is 11.5 Å². The predicted molar refractivity (Wildman–Crippen MR) is 141 cm³/mol. The normalized spacial score (nSPS) is 15.3. The topological polar surface area (TPSA) is 89.0 Å². The van der Waals surface area contributed by atoms with Gasteiger partial charge in [0, 0.05) is 18.9 Å². The highest BCUT2D eigenvalue weighted by Gasteiger charge is 2.43. The van der Waals surface area contributed by atoms with Crippen LogP contribution in [-0.4, -0.2) is 39.9 Å². The summed E-state index contributed by atoms with van der Waals surface area (Å²) in [6, 6.07) is 17.3. The average Bonchev–Trinajstić information content (AvgIpc) is 3.17. The monoisotopic (exact) mass is 496 g/mol. The number of hydrogen-bond donors (Lipinski definition) is 1. The fourth-order valence-electron chi connectivity index (χ4n) is 4.16. The van der Waals surface area contributed by atoms with E-state index >= 15 is 0 Å². The van der Waals surface area contributed by atoms with Crippen molar-refractivity contribution in [2.24, 2.45) is 0 Å². The lowest BCUT2D eigenvalue weighted by atomic mass is 9.95. The van der Waals surface area contributed by atoms with Crippen LogP contribution in [-0.2, 0) is 16.1 Å². The van der Waals surface area contributed by atoms with Crippen molar-refractivity contribution in [3.05, 3.63) is 120 Å². The first-order valence-electron chi connectivity index (χ1n) is 11.9. The lowest BCUT2D eigenvalue weighted by Gasteiger charge is -2.27. The van der Waals surface area contributed by atoms with Crippen LogP contribution in [0.2, 0.25) is 0 Å². The average molecular weight is 497 g/mol. The third kappa shape index (κ3) is 5.78. The Bertz CT molecular complexity index is 1330. The second-order valence-corrected chi connectivity index (χ2v) is 8.31. The molecular formula is C30H28N2O5. The first-order valence-corrected chi connectivity index (χ1v) is 11.9.